The summed E-state index contributed by atoms with van der Waals surface area (Å²) in [5, 5.41) is 5.39. The van der Waals surface area contributed by atoms with Gasteiger partial charge in [0.15, 0.2) is 0 Å². The molecule has 0 bridgehead atoms. The van der Waals surface area contributed by atoms with E-state index >= 15 is 0 Å². The van der Waals surface area contributed by atoms with E-state index in [0.29, 0.717) is 10.6 Å². The molecule has 0 atom stereocenters. The fourth-order valence-corrected chi connectivity index (χ4v) is 2.77. The molecule has 1 amide bonds. The standard InChI is InChI=1S/C19H16ClNO/c1-12-9-10-13(2)18(11-12)21-19(22)16-7-3-6-15-14(16)5-4-8-17(15)20/h3-11H,1-2H3,(H,21,22). The van der Waals surface area contributed by atoms with E-state index in [1.807, 2.05) is 68.4 Å². The predicted octanol–water partition coefficient (Wildman–Crippen LogP) is 5.36. The maximum absolute atomic E-state index is 12.6. The molecule has 0 spiro atoms. The molecule has 22 heavy (non-hydrogen) atoms. The van der Waals surface area contributed by atoms with Crippen LogP contribution >= 0.6 is 11.6 Å². The number of halogens is 1. The number of carbonyl (C=O) groups excluding carboxylic acids is 1. The Labute approximate surface area is 134 Å². The Balaban J connectivity index is 2.03. The smallest absolute Gasteiger partial charge is 0.256 e. The van der Waals surface area contributed by atoms with Crippen LogP contribution in [0.1, 0.15) is 21.5 Å². The van der Waals surface area contributed by atoms with E-state index in [2.05, 4.69) is 5.32 Å². The van der Waals surface area contributed by atoms with Gasteiger partial charge < -0.3 is 5.32 Å². The van der Waals surface area contributed by atoms with Crippen molar-refractivity contribution in [2.24, 2.45) is 0 Å². The monoisotopic (exact) mass is 309 g/mol. The van der Waals surface area contributed by atoms with Crippen molar-refractivity contribution in [3.8, 4) is 0 Å². The van der Waals surface area contributed by atoms with Gasteiger partial charge in [0.2, 0.25) is 0 Å². The van der Waals surface area contributed by atoms with Crippen LogP contribution in [0.2, 0.25) is 5.02 Å². The van der Waals surface area contributed by atoms with Crippen LogP contribution in [0.4, 0.5) is 5.69 Å². The average Bonchev–Trinajstić information content (AvgIpc) is 2.51. The van der Waals surface area contributed by atoms with E-state index in [4.69, 9.17) is 11.6 Å². The minimum Gasteiger partial charge on any atom is -0.322 e. The SMILES string of the molecule is Cc1ccc(C)c(NC(=O)c2cccc3c(Cl)cccc23)c1. The molecule has 0 aliphatic rings. The highest BCUT2D eigenvalue weighted by Crippen LogP contribution is 2.27. The number of hydrogen-bond donors (Lipinski definition) is 1. The van der Waals surface area contributed by atoms with Crippen molar-refractivity contribution in [2.45, 2.75) is 13.8 Å². The Morgan fingerprint density at radius 2 is 1.68 bits per heavy atom. The molecule has 3 aromatic rings. The van der Waals surface area contributed by atoms with E-state index in [1.165, 1.54) is 0 Å². The molecule has 0 aliphatic carbocycles. The summed E-state index contributed by atoms with van der Waals surface area (Å²) >= 11 is 6.21. The number of fused-ring (bicyclic) bond motifs is 1. The van der Waals surface area contributed by atoms with E-state index in [0.717, 1.165) is 27.6 Å². The zero-order valence-electron chi connectivity index (χ0n) is 12.5. The highest BCUT2D eigenvalue weighted by molar-refractivity contribution is 6.36. The van der Waals surface area contributed by atoms with Gasteiger partial charge in [-0.1, -0.05) is 48.0 Å². The molecule has 0 fully saturated rings. The predicted molar refractivity (Wildman–Crippen MR) is 92.8 cm³/mol. The first-order valence-corrected chi connectivity index (χ1v) is 7.50. The lowest BCUT2D eigenvalue weighted by molar-refractivity contribution is 0.102. The number of hydrogen-bond acceptors (Lipinski definition) is 1. The van der Waals surface area contributed by atoms with Gasteiger partial charge in [0.1, 0.15) is 0 Å². The number of nitrogens with one attached hydrogen (secondary N) is 1. The first kappa shape index (κ1) is 14.6. The summed E-state index contributed by atoms with van der Waals surface area (Å²) < 4.78 is 0. The molecule has 2 nitrogen and oxygen atoms in total. The summed E-state index contributed by atoms with van der Waals surface area (Å²) in [6.45, 7) is 3.99. The fraction of sp³-hybridized carbons (Fsp3) is 0.105. The number of anilines is 1. The summed E-state index contributed by atoms with van der Waals surface area (Å²) in [6, 6.07) is 17.2. The van der Waals surface area contributed by atoms with Crippen molar-refractivity contribution in [2.75, 3.05) is 5.32 Å². The lowest BCUT2D eigenvalue weighted by Gasteiger charge is -2.11. The Kier molecular flexibility index (Phi) is 3.86. The molecular weight excluding hydrogens is 294 g/mol. The van der Waals surface area contributed by atoms with E-state index in [9.17, 15) is 4.79 Å². The molecular formula is C19H16ClNO. The molecule has 0 aromatic heterocycles. The molecule has 0 radical (unpaired) electrons. The minimum atomic E-state index is -0.124. The summed E-state index contributed by atoms with van der Waals surface area (Å²) in [5.74, 6) is -0.124. The molecule has 1 N–H and O–H groups in total. The van der Waals surface area contributed by atoms with Crippen LogP contribution in [0.25, 0.3) is 10.8 Å². The van der Waals surface area contributed by atoms with Crippen LogP contribution in [0.15, 0.2) is 54.6 Å². The molecule has 3 rings (SSSR count). The van der Waals surface area contributed by atoms with Crippen LogP contribution < -0.4 is 5.32 Å². The summed E-state index contributed by atoms with van der Waals surface area (Å²) in [4.78, 5) is 12.6. The van der Waals surface area contributed by atoms with Crippen molar-refractivity contribution >= 4 is 34.0 Å². The third-order valence-corrected chi connectivity index (χ3v) is 4.08. The summed E-state index contributed by atoms with van der Waals surface area (Å²) in [7, 11) is 0. The van der Waals surface area contributed by atoms with Crippen molar-refractivity contribution in [3.63, 3.8) is 0 Å². The Hall–Kier alpha value is -2.32. The summed E-state index contributed by atoms with van der Waals surface area (Å²) in [6.07, 6.45) is 0. The molecule has 0 heterocycles. The number of rotatable bonds is 2. The maximum atomic E-state index is 12.6. The Bertz CT molecular complexity index is 870. The third-order valence-electron chi connectivity index (χ3n) is 3.75. The lowest BCUT2D eigenvalue weighted by atomic mass is 10.0. The first-order chi connectivity index (χ1) is 10.6. The fourth-order valence-electron chi connectivity index (χ4n) is 2.53. The van der Waals surface area contributed by atoms with Gasteiger partial charge in [-0.15, -0.1) is 0 Å². The second-order valence-electron chi connectivity index (χ2n) is 5.41. The molecule has 3 aromatic carbocycles. The van der Waals surface area contributed by atoms with Gasteiger partial charge in [-0.3, -0.25) is 4.79 Å². The zero-order valence-corrected chi connectivity index (χ0v) is 13.2. The van der Waals surface area contributed by atoms with Crippen molar-refractivity contribution < 1.29 is 4.79 Å². The second kappa shape index (κ2) is 5.82. The first-order valence-electron chi connectivity index (χ1n) is 7.12. The minimum absolute atomic E-state index is 0.124. The van der Waals surface area contributed by atoms with Crippen LogP contribution in [0.5, 0.6) is 0 Å². The number of aryl methyl sites for hydroxylation is 2. The van der Waals surface area contributed by atoms with E-state index < -0.39 is 0 Å². The molecule has 0 saturated heterocycles. The Morgan fingerprint density at radius 1 is 0.955 bits per heavy atom. The van der Waals surface area contributed by atoms with Crippen LogP contribution in [-0.4, -0.2) is 5.91 Å². The number of carbonyl (C=O) groups is 1. The van der Waals surface area contributed by atoms with Gasteiger partial charge in [0, 0.05) is 21.7 Å². The van der Waals surface area contributed by atoms with Crippen molar-refractivity contribution in [1.82, 2.24) is 0 Å². The highest BCUT2D eigenvalue weighted by atomic mass is 35.5. The highest BCUT2D eigenvalue weighted by Gasteiger charge is 2.12. The third kappa shape index (κ3) is 2.70. The number of benzene rings is 3. The quantitative estimate of drug-likeness (QED) is 0.678. The molecule has 0 unspecified atom stereocenters. The van der Waals surface area contributed by atoms with Crippen molar-refractivity contribution in [1.29, 1.82) is 0 Å². The second-order valence-corrected chi connectivity index (χ2v) is 5.82. The maximum Gasteiger partial charge on any atom is 0.256 e. The van der Waals surface area contributed by atoms with Gasteiger partial charge in [-0.25, -0.2) is 0 Å². The van der Waals surface area contributed by atoms with E-state index in [1.54, 1.807) is 0 Å². The van der Waals surface area contributed by atoms with Gasteiger partial charge in [-0.05, 0) is 48.6 Å². The van der Waals surface area contributed by atoms with Crippen LogP contribution in [0.3, 0.4) is 0 Å². The summed E-state index contributed by atoms with van der Waals surface area (Å²) in [5.41, 5.74) is 3.61. The lowest BCUT2D eigenvalue weighted by Crippen LogP contribution is -2.13. The number of amides is 1. The van der Waals surface area contributed by atoms with Crippen LogP contribution in [-0.2, 0) is 0 Å². The molecule has 3 heteroatoms. The van der Waals surface area contributed by atoms with E-state index in [-0.39, 0.29) is 5.91 Å². The van der Waals surface area contributed by atoms with Gasteiger partial charge in [0.25, 0.3) is 5.91 Å². The largest absolute Gasteiger partial charge is 0.322 e. The van der Waals surface area contributed by atoms with Crippen molar-refractivity contribution in [3.05, 3.63) is 76.3 Å². The Morgan fingerprint density at radius 3 is 2.50 bits per heavy atom. The van der Waals surface area contributed by atoms with Gasteiger partial charge in [-0.2, -0.15) is 0 Å². The van der Waals surface area contributed by atoms with Gasteiger partial charge >= 0.3 is 0 Å². The molecule has 110 valence electrons. The average molecular weight is 310 g/mol. The van der Waals surface area contributed by atoms with Crippen LogP contribution in [0, 0.1) is 13.8 Å². The zero-order chi connectivity index (χ0) is 15.7. The van der Waals surface area contributed by atoms with Gasteiger partial charge in [0.05, 0.1) is 0 Å². The molecule has 0 saturated carbocycles. The topological polar surface area (TPSA) is 29.1 Å². The normalized spacial score (nSPS) is 10.7. The molecule has 0 aliphatic heterocycles.